The highest BCUT2D eigenvalue weighted by molar-refractivity contribution is 5.98. The van der Waals surface area contributed by atoms with Crippen LogP contribution in [0.4, 0.5) is 23.7 Å². The number of amides is 1. The molecule has 0 bridgehead atoms. The van der Waals surface area contributed by atoms with Gasteiger partial charge in [-0.1, -0.05) is 28.5 Å². The van der Waals surface area contributed by atoms with E-state index in [9.17, 15) is 18.0 Å². The molecule has 0 aliphatic heterocycles. The van der Waals surface area contributed by atoms with E-state index in [1.807, 2.05) is 32.0 Å². The SMILES string of the molecule is C/C(=N/Oc1ccc(/C=N/OC(=O)Nc2c(C)cccc2C)cc1)c1ccc(OC(F)(F)F)cc1. The highest BCUT2D eigenvalue weighted by Crippen LogP contribution is 2.23. The molecule has 0 atom stereocenters. The number of ether oxygens (including phenoxy) is 1. The molecule has 0 aliphatic rings. The fourth-order valence-corrected chi connectivity index (χ4v) is 2.96. The summed E-state index contributed by atoms with van der Waals surface area (Å²) in [5, 5.41) is 10.3. The summed E-state index contributed by atoms with van der Waals surface area (Å²) in [6, 6.07) is 17.6. The average molecular weight is 485 g/mol. The topological polar surface area (TPSA) is 81.5 Å². The number of anilines is 1. The molecule has 7 nitrogen and oxygen atoms in total. The molecule has 0 spiro atoms. The van der Waals surface area contributed by atoms with Gasteiger partial charge < -0.3 is 9.57 Å². The molecule has 0 radical (unpaired) electrons. The number of aryl methyl sites for hydroxylation is 2. The minimum Gasteiger partial charge on any atom is -0.406 e. The normalized spacial score (nSPS) is 11.9. The Hall–Kier alpha value is -4.34. The Balaban J connectivity index is 1.51. The predicted octanol–water partition coefficient (Wildman–Crippen LogP) is 6.59. The highest BCUT2D eigenvalue weighted by Gasteiger charge is 2.30. The quantitative estimate of drug-likeness (QED) is 0.233. The molecule has 35 heavy (non-hydrogen) atoms. The highest BCUT2D eigenvalue weighted by atomic mass is 19.4. The third-order valence-corrected chi connectivity index (χ3v) is 4.72. The molecule has 1 N–H and O–H groups in total. The second kappa shape index (κ2) is 11.2. The Bertz CT molecular complexity index is 1200. The van der Waals surface area contributed by atoms with Crippen LogP contribution in [0.25, 0.3) is 0 Å². The molecule has 0 unspecified atom stereocenters. The van der Waals surface area contributed by atoms with Crippen LogP contribution in [0.3, 0.4) is 0 Å². The number of oxime groups is 2. The van der Waals surface area contributed by atoms with Crippen molar-refractivity contribution in [3.05, 3.63) is 89.0 Å². The number of nitrogens with zero attached hydrogens (tertiary/aromatic N) is 2. The molecule has 0 saturated heterocycles. The van der Waals surface area contributed by atoms with Gasteiger partial charge in [0.25, 0.3) is 0 Å². The zero-order chi connectivity index (χ0) is 25.4. The van der Waals surface area contributed by atoms with E-state index in [1.54, 1.807) is 31.2 Å². The van der Waals surface area contributed by atoms with Crippen LogP contribution in [0.1, 0.15) is 29.2 Å². The minimum atomic E-state index is -4.75. The van der Waals surface area contributed by atoms with Crippen molar-refractivity contribution in [1.29, 1.82) is 0 Å². The number of hydrogen-bond acceptors (Lipinski definition) is 6. The van der Waals surface area contributed by atoms with Crippen LogP contribution < -0.4 is 14.9 Å². The monoisotopic (exact) mass is 485 g/mol. The van der Waals surface area contributed by atoms with Gasteiger partial charge in [-0.25, -0.2) is 4.79 Å². The molecule has 0 heterocycles. The first-order valence-electron chi connectivity index (χ1n) is 10.4. The molecule has 3 aromatic carbocycles. The second-order valence-electron chi connectivity index (χ2n) is 7.41. The number of carbonyl (C=O) groups is 1. The van der Waals surface area contributed by atoms with E-state index in [4.69, 9.17) is 9.68 Å². The Morgan fingerprint density at radius 3 is 2.11 bits per heavy atom. The summed E-state index contributed by atoms with van der Waals surface area (Å²) in [5.74, 6) is 0.103. The van der Waals surface area contributed by atoms with Crippen LogP contribution in [0.15, 0.2) is 77.0 Å². The number of para-hydroxylation sites is 1. The third kappa shape index (κ3) is 7.88. The summed E-state index contributed by atoms with van der Waals surface area (Å²) in [6.45, 7) is 5.41. The lowest BCUT2D eigenvalue weighted by Gasteiger charge is -2.09. The number of alkyl halides is 3. The van der Waals surface area contributed by atoms with Crippen molar-refractivity contribution in [3.8, 4) is 11.5 Å². The predicted molar refractivity (Wildman–Crippen MR) is 126 cm³/mol. The Labute approximate surface area is 199 Å². The summed E-state index contributed by atoms with van der Waals surface area (Å²) in [5.41, 5.74) is 4.17. The molecular weight excluding hydrogens is 463 g/mol. The smallest absolute Gasteiger partial charge is 0.406 e. The number of rotatable bonds is 7. The maximum atomic E-state index is 12.2. The molecular formula is C25H22F3N3O4. The van der Waals surface area contributed by atoms with E-state index in [1.165, 1.54) is 30.5 Å². The Morgan fingerprint density at radius 2 is 1.51 bits per heavy atom. The van der Waals surface area contributed by atoms with Gasteiger partial charge in [-0.05, 0) is 91.6 Å². The van der Waals surface area contributed by atoms with E-state index in [-0.39, 0.29) is 5.75 Å². The first kappa shape index (κ1) is 25.3. The van der Waals surface area contributed by atoms with Gasteiger partial charge >= 0.3 is 12.5 Å². The minimum absolute atomic E-state index is 0.320. The Morgan fingerprint density at radius 1 is 0.914 bits per heavy atom. The molecule has 0 aromatic heterocycles. The number of benzene rings is 3. The van der Waals surface area contributed by atoms with Crippen molar-refractivity contribution < 1.29 is 32.4 Å². The fraction of sp³-hybridized carbons (Fsp3) is 0.160. The molecule has 182 valence electrons. The first-order valence-corrected chi connectivity index (χ1v) is 10.4. The molecule has 10 heteroatoms. The maximum Gasteiger partial charge on any atom is 0.573 e. The Kier molecular flexibility index (Phi) is 8.08. The van der Waals surface area contributed by atoms with Crippen molar-refractivity contribution >= 4 is 23.7 Å². The average Bonchev–Trinajstić information content (AvgIpc) is 2.80. The lowest BCUT2D eigenvalue weighted by molar-refractivity contribution is -0.274. The second-order valence-corrected chi connectivity index (χ2v) is 7.41. The van der Waals surface area contributed by atoms with E-state index in [0.29, 0.717) is 28.3 Å². The van der Waals surface area contributed by atoms with Crippen molar-refractivity contribution in [1.82, 2.24) is 0 Å². The number of hydrogen-bond donors (Lipinski definition) is 1. The van der Waals surface area contributed by atoms with Crippen molar-refractivity contribution in [2.75, 3.05) is 5.32 Å². The van der Waals surface area contributed by atoms with Crippen molar-refractivity contribution in [2.24, 2.45) is 10.3 Å². The van der Waals surface area contributed by atoms with Gasteiger partial charge in [-0.2, -0.15) is 0 Å². The third-order valence-electron chi connectivity index (χ3n) is 4.72. The van der Waals surface area contributed by atoms with E-state index in [2.05, 4.69) is 20.4 Å². The molecule has 3 rings (SSSR count). The number of nitrogens with one attached hydrogen (secondary N) is 1. The van der Waals surface area contributed by atoms with Crippen LogP contribution in [-0.2, 0) is 4.84 Å². The van der Waals surface area contributed by atoms with Crippen molar-refractivity contribution in [3.63, 3.8) is 0 Å². The van der Waals surface area contributed by atoms with E-state index in [0.717, 1.165) is 11.1 Å². The van der Waals surface area contributed by atoms with Crippen LogP contribution in [0.5, 0.6) is 11.5 Å². The number of halogens is 3. The lowest BCUT2D eigenvalue weighted by atomic mass is 10.1. The molecule has 0 aliphatic carbocycles. The van der Waals surface area contributed by atoms with Gasteiger partial charge in [0.15, 0.2) is 5.75 Å². The number of carbonyl (C=O) groups excluding carboxylic acids is 1. The summed E-state index contributed by atoms with van der Waals surface area (Å²) in [7, 11) is 0. The van der Waals surface area contributed by atoms with Gasteiger partial charge in [0, 0.05) is 5.69 Å². The van der Waals surface area contributed by atoms with E-state index < -0.39 is 12.5 Å². The summed E-state index contributed by atoms with van der Waals surface area (Å²) in [4.78, 5) is 22.2. The molecule has 0 fully saturated rings. The molecule has 1 amide bonds. The van der Waals surface area contributed by atoms with Crippen LogP contribution in [0.2, 0.25) is 0 Å². The van der Waals surface area contributed by atoms with E-state index >= 15 is 0 Å². The molecule has 3 aromatic rings. The van der Waals surface area contributed by atoms with Gasteiger partial charge in [0.05, 0.1) is 11.9 Å². The lowest BCUT2D eigenvalue weighted by Crippen LogP contribution is -2.17. The van der Waals surface area contributed by atoms with Gasteiger partial charge in [0.2, 0.25) is 0 Å². The maximum absolute atomic E-state index is 12.2. The fourth-order valence-electron chi connectivity index (χ4n) is 2.96. The van der Waals surface area contributed by atoms with Gasteiger partial charge in [-0.15, -0.1) is 13.2 Å². The van der Waals surface area contributed by atoms with Crippen LogP contribution in [-0.4, -0.2) is 24.4 Å². The summed E-state index contributed by atoms with van der Waals surface area (Å²) < 4.78 is 40.6. The summed E-state index contributed by atoms with van der Waals surface area (Å²) >= 11 is 0. The summed E-state index contributed by atoms with van der Waals surface area (Å²) in [6.07, 6.45) is -4.09. The zero-order valence-corrected chi connectivity index (χ0v) is 19.1. The standard InChI is InChI=1S/C25H22F3N3O4/c1-16-5-4-6-17(2)23(16)30-24(32)35-29-15-19-7-11-22(12-8-19)34-31-18(3)20-9-13-21(14-10-20)33-25(26,27)28/h4-15H,1-3H3,(H,30,32)/b29-15+,31-18-. The van der Waals surface area contributed by atoms with Crippen LogP contribution >= 0.6 is 0 Å². The van der Waals surface area contributed by atoms with Gasteiger partial charge in [0.1, 0.15) is 5.75 Å². The largest absolute Gasteiger partial charge is 0.573 e. The zero-order valence-electron chi connectivity index (χ0n) is 19.1. The van der Waals surface area contributed by atoms with Crippen molar-refractivity contribution in [2.45, 2.75) is 27.1 Å². The van der Waals surface area contributed by atoms with Gasteiger partial charge in [-0.3, -0.25) is 10.2 Å². The molecule has 0 saturated carbocycles. The first-order chi connectivity index (χ1) is 16.6. The van der Waals surface area contributed by atoms with Crippen LogP contribution in [0, 0.1) is 13.8 Å².